The van der Waals surface area contributed by atoms with Crippen LogP contribution in [-0.2, 0) is 14.3 Å². The second-order valence-electron chi connectivity index (χ2n) is 10.5. The molecule has 8 nitrogen and oxygen atoms in total. The second kappa shape index (κ2) is 12.5. The topological polar surface area (TPSA) is 108 Å². The number of hydrogen-bond acceptors (Lipinski definition) is 5. The number of phenols is 1. The molecule has 3 amide bonds. The van der Waals surface area contributed by atoms with E-state index in [1.54, 1.807) is 32.9 Å². The van der Waals surface area contributed by atoms with Crippen LogP contribution in [0.4, 0.5) is 4.79 Å². The highest BCUT2D eigenvalue weighted by Gasteiger charge is 2.37. The van der Waals surface area contributed by atoms with Gasteiger partial charge in [-0.25, -0.2) is 4.79 Å². The molecule has 3 N–H and O–H groups in total. The minimum absolute atomic E-state index is 0.0111. The molecule has 1 fully saturated rings. The van der Waals surface area contributed by atoms with E-state index >= 15 is 0 Å². The van der Waals surface area contributed by atoms with Crippen LogP contribution in [0.25, 0.3) is 0 Å². The molecule has 35 heavy (non-hydrogen) atoms. The third-order valence-corrected chi connectivity index (χ3v) is 5.74. The van der Waals surface area contributed by atoms with Crippen molar-refractivity contribution in [3.05, 3.63) is 29.8 Å². The van der Waals surface area contributed by atoms with E-state index in [-0.39, 0.29) is 17.7 Å². The van der Waals surface area contributed by atoms with Gasteiger partial charge in [0.05, 0.1) is 0 Å². The fraction of sp³-hybridized carbons (Fsp3) is 0.593. The lowest BCUT2D eigenvalue weighted by molar-refractivity contribution is -0.139. The number of nitrogens with zero attached hydrogens (tertiary/aromatic N) is 1. The average Bonchev–Trinajstić information content (AvgIpc) is 2.76. The van der Waals surface area contributed by atoms with Gasteiger partial charge in [0.15, 0.2) is 0 Å². The van der Waals surface area contributed by atoms with Crippen molar-refractivity contribution in [1.82, 2.24) is 15.5 Å². The molecule has 0 spiro atoms. The highest BCUT2D eigenvalue weighted by molar-refractivity contribution is 5.93. The molecule has 1 aromatic carbocycles. The molecule has 0 saturated heterocycles. The zero-order chi connectivity index (χ0) is 26.2. The molecule has 1 aliphatic carbocycles. The highest BCUT2D eigenvalue weighted by atomic mass is 16.6. The minimum Gasteiger partial charge on any atom is -0.508 e. The molecule has 2 unspecified atom stereocenters. The van der Waals surface area contributed by atoms with E-state index < -0.39 is 35.6 Å². The van der Waals surface area contributed by atoms with E-state index in [0.29, 0.717) is 12.0 Å². The van der Waals surface area contributed by atoms with Crippen LogP contribution in [-0.4, -0.2) is 45.6 Å². The van der Waals surface area contributed by atoms with Crippen LogP contribution in [0.3, 0.4) is 0 Å². The molecule has 8 heteroatoms. The molecule has 0 heterocycles. The summed E-state index contributed by atoms with van der Waals surface area (Å²) in [6, 6.07) is 6.31. The smallest absolute Gasteiger partial charge is 0.408 e. The zero-order valence-electron chi connectivity index (χ0n) is 21.5. The molecule has 2 atom stereocenters. The number of nitrogens with one attached hydrogen (secondary N) is 2. The standard InChI is InChI=1S/C27H39N3O5/c1-7-30(25(33)22(17-18(2)3)29-26(34)35-27(4,5)6)23(19-13-15-21(31)16-14-19)24(32)28-20-11-9-8-10-12-20/h1,13-16,18,20,22-23,31H,8-12,17H2,2-6H3,(H,28,32)(H,29,34). The number of aromatic hydroxyl groups is 1. The van der Waals surface area contributed by atoms with Gasteiger partial charge in [0.25, 0.3) is 5.91 Å². The molecule has 1 aromatic rings. The first-order valence-electron chi connectivity index (χ1n) is 12.3. The molecule has 1 aliphatic rings. The van der Waals surface area contributed by atoms with E-state index in [9.17, 15) is 19.5 Å². The summed E-state index contributed by atoms with van der Waals surface area (Å²) in [5.41, 5.74) is -0.279. The summed E-state index contributed by atoms with van der Waals surface area (Å²) >= 11 is 0. The number of carbonyl (C=O) groups excluding carboxylic acids is 3. The van der Waals surface area contributed by atoms with Gasteiger partial charge in [0, 0.05) is 12.1 Å². The maximum absolute atomic E-state index is 13.7. The third kappa shape index (κ3) is 8.82. The number of benzene rings is 1. The maximum Gasteiger partial charge on any atom is 0.408 e. The first-order chi connectivity index (χ1) is 16.4. The number of alkyl carbamates (subject to hydrolysis) is 1. The van der Waals surface area contributed by atoms with E-state index in [0.717, 1.165) is 37.0 Å². The average molecular weight is 486 g/mol. The molecule has 0 aliphatic heterocycles. The molecule has 0 aromatic heterocycles. The third-order valence-electron chi connectivity index (χ3n) is 5.74. The summed E-state index contributed by atoms with van der Waals surface area (Å²) in [5, 5.41) is 15.4. The van der Waals surface area contributed by atoms with Gasteiger partial charge in [-0.05, 0) is 63.6 Å². The Bertz CT molecular complexity index is 908. The number of amides is 3. The van der Waals surface area contributed by atoms with Crippen LogP contribution in [0.2, 0.25) is 0 Å². The quantitative estimate of drug-likeness (QED) is 0.377. The largest absolute Gasteiger partial charge is 0.508 e. The van der Waals surface area contributed by atoms with Crippen molar-refractivity contribution in [3.63, 3.8) is 0 Å². The first-order valence-corrected chi connectivity index (χ1v) is 12.3. The minimum atomic E-state index is -1.12. The summed E-state index contributed by atoms with van der Waals surface area (Å²) in [5.74, 6) is -0.886. The van der Waals surface area contributed by atoms with Gasteiger partial charge in [-0.15, -0.1) is 0 Å². The lowest BCUT2D eigenvalue weighted by atomic mass is 9.94. The van der Waals surface area contributed by atoms with Crippen LogP contribution >= 0.6 is 0 Å². The predicted octanol–water partition coefficient (Wildman–Crippen LogP) is 4.24. The first kappa shape index (κ1) is 28.0. The number of hydrogen-bond donors (Lipinski definition) is 3. The lowest BCUT2D eigenvalue weighted by Crippen LogP contribution is -2.52. The van der Waals surface area contributed by atoms with Crippen LogP contribution in [0.5, 0.6) is 5.75 Å². The van der Waals surface area contributed by atoms with Crippen molar-refractivity contribution < 1.29 is 24.2 Å². The van der Waals surface area contributed by atoms with Crippen molar-refractivity contribution in [2.75, 3.05) is 0 Å². The summed E-state index contributed by atoms with van der Waals surface area (Å²) in [6.07, 6.45) is 10.3. The summed E-state index contributed by atoms with van der Waals surface area (Å²) in [4.78, 5) is 40.7. The SMILES string of the molecule is C#CN(C(=O)C(CC(C)C)NC(=O)OC(C)(C)C)C(C(=O)NC1CCCCC1)c1ccc(O)cc1. The Morgan fingerprint density at radius 1 is 1.14 bits per heavy atom. The maximum atomic E-state index is 13.7. The number of rotatable bonds is 8. The fourth-order valence-corrected chi connectivity index (χ4v) is 4.18. The summed E-state index contributed by atoms with van der Waals surface area (Å²) in [6.45, 7) is 9.04. The normalized spacial score (nSPS) is 16.0. The van der Waals surface area contributed by atoms with Gasteiger partial charge in [-0.1, -0.05) is 51.7 Å². The van der Waals surface area contributed by atoms with E-state index in [1.807, 2.05) is 13.8 Å². The van der Waals surface area contributed by atoms with Crippen LogP contribution in [0.1, 0.15) is 84.7 Å². The zero-order valence-corrected chi connectivity index (χ0v) is 21.5. The van der Waals surface area contributed by atoms with E-state index in [1.165, 1.54) is 12.1 Å². The molecule has 192 valence electrons. The highest BCUT2D eigenvalue weighted by Crippen LogP contribution is 2.26. The molecule has 1 saturated carbocycles. The van der Waals surface area contributed by atoms with Crippen molar-refractivity contribution in [2.45, 2.75) is 96.9 Å². The summed E-state index contributed by atoms with van der Waals surface area (Å²) in [7, 11) is 0. The molecule has 2 rings (SSSR count). The number of terminal acetylenes is 1. The van der Waals surface area contributed by atoms with Gasteiger partial charge in [0.2, 0.25) is 5.91 Å². The monoisotopic (exact) mass is 485 g/mol. The lowest BCUT2D eigenvalue weighted by Gasteiger charge is -2.32. The van der Waals surface area contributed by atoms with Gasteiger partial charge >= 0.3 is 6.09 Å². The van der Waals surface area contributed by atoms with Crippen LogP contribution in [0, 0.1) is 18.4 Å². The van der Waals surface area contributed by atoms with Crippen molar-refractivity contribution in [1.29, 1.82) is 0 Å². The molecular weight excluding hydrogens is 446 g/mol. The van der Waals surface area contributed by atoms with E-state index in [2.05, 4.69) is 16.7 Å². The Balaban J connectivity index is 2.36. The van der Waals surface area contributed by atoms with Crippen LogP contribution in [0.15, 0.2) is 24.3 Å². The van der Waals surface area contributed by atoms with Crippen LogP contribution < -0.4 is 10.6 Å². The summed E-state index contributed by atoms with van der Waals surface area (Å²) < 4.78 is 5.34. The van der Waals surface area contributed by atoms with Gasteiger partial charge in [0.1, 0.15) is 23.4 Å². The van der Waals surface area contributed by atoms with E-state index in [4.69, 9.17) is 11.2 Å². The fourth-order valence-electron chi connectivity index (χ4n) is 4.18. The Morgan fingerprint density at radius 2 is 1.74 bits per heavy atom. The Labute approximate surface area is 208 Å². The number of carbonyl (C=O) groups is 3. The van der Waals surface area contributed by atoms with Gasteiger partial charge < -0.3 is 20.5 Å². The van der Waals surface area contributed by atoms with Gasteiger partial charge in [-0.3, -0.25) is 14.5 Å². The van der Waals surface area contributed by atoms with Crippen molar-refractivity contribution >= 4 is 17.9 Å². The Hall–Kier alpha value is -3.21. The van der Waals surface area contributed by atoms with Crippen molar-refractivity contribution in [3.8, 4) is 18.2 Å². The van der Waals surface area contributed by atoms with Crippen molar-refractivity contribution in [2.24, 2.45) is 5.92 Å². The Kier molecular flexibility index (Phi) is 10.00. The molecule has 0 radical (unpaired) electrons. The molecular formula is C27H39N3O5. The predicted molar refractivity (Wildman–Crippen MR) is 134 cm³/mol. The Morgan fingerprint density at radius 3 is 2.26 bits per heavy atom. The van der Waals surface area contributed by atoms with Gasteiger partial charge in [-0.2, -0.15) is 0 Å². The number of phenolic OH excluding ortho intramolecular Hbond substituents is 1. The molecule has 0 bridgehead atoms. The second-order valence-corrected chi connectivity index (χ2v) is 10.5. The number of ether oxygens (including phenoxy) is 1.